The molecule has 0 radical (unpaired) electrons. The molecule has 0 fully saturated rings. The number of benzene rings is 2. The SMILES string of the molecule is COc1ccc(-c2nnc3n2N=C(c2ccccc2OC)[C@@H](C)S3)cc1. The van der Waals surface area contributed by atoms with Crippen LogP contribution in [0, 0.1) is 0 Å². The van der Waals surface area contributed by atoms with E-state index in [1.54, 1.807) is 30.7 Å². The summed E-state index contributed by atoms with van der Waals surface area (Å²) in [5.41, 5.74) is 2.85. The van der Waals surface area contributed by atoms with Crippen molar-refractivity contribution in [2.24, 2.45) is 5.10 Å². The number of methoxy groups -OCH3 is 2. The second-order valence-corrected chi connectivity index (χ2v) is 7.10. The lowest BCUT2D eigenvalue weighted by Crippen LogP contribution is -2.22. The van der Waals surface area contributed by atoms with Gasteiger partial charge in [-0.05, 0) is 43.3 Å². The Balaban J connectivity index is 1.81. The number of ether oxygens (including phenoxy) is 2. The van der Waals surface area contributed by atoms with Crippen LogP contribution in [0.3, 0.4) is 0 Å². The molecule has 0 bridgehead atoms. The minimum atomic E-state index is 0.145. The van der Waals surface area contributed by atoms with Crippen LogP contribution in [-0.4, -0.2) is 40.1 Å². The van der Waals surface area contributed by atoms with Crippen molar-refractivity contribution in [3.8, 4) is 22.9 Å². The van der Waals surface area contributed by atoms with Gasteiger partial charge in [0.2, 0.25) is 5.16 Å². The summed E-state index contributed by atoms with van der Waals surface area (Å²) in [5, 5.41) is 14.4. The number of rotatable bonds is 4. The Morgan fingerprint density at radius 1 is 0.962 bits per heavy atom. The molecule has 0 saturated heterocycles. The Morgan fingerprint density at radius 2 is 1.73 bits per heavy atom. The average molecular weight is 366 g/mol. The molecule has 1 atom stereocenters. The Hall–Kier alpha value is -2.80. The summed E-state index contributed by atoms with van der Waals surface area (Å²) in [4.78, 5) is 0. The van der Waals surface area contributed by atoms with E-state index in [0.717, 1.165) is 33.5 Å². The summed E-state index contributed by atoms with van der Waals surface area (Å²) < 4.78 is 12.5. The van der Waals surface area contributed by atoms with Gasteiger partial charge in [-0.15, -0.1) is 10.2 Å². The van der Waals surface area contributed by atoms with Gasteiger partial charge in [-0.25, -0.2) is 0 Å². The molecule has 0 saturated carbocycles. The average Bonchev–Trinajstić information content (AvgIpc) is 3.10. The Morgan fingerprint density at radius 3 is 2.46 bits per heavy atom. The summed E-state index contributed by atoms with van der Waals surface area (Å²) in [5.74, 6) is 2.31. The second kappa shape index (κ2) is 6.84. The number of hydrogen-bond acceptors (Lipinski definition) is 6. The van der Waals surface area contributed by atoms with Crippen molar-refractivity contribution in [3.63, 3.8) is 0 Å². The molecule has 132 valence electrons. The molecule has 1 aliphatic rings. The smallest absolute Gasteiger partial charge is 0.213 e. The van der Waals surface area contributed by atoms with Crippen LogP contribution < -0.4 is 9.47 Å². The van der Waals surface area contributed by atoms with Gasteiger partial charge in [-0.3, -0.25) is 0 Å². The molecule has 26 heavy (non-hydrogen) atoms. The molecule has 0 N–H and O–H groups in total. The summed E-state index contributed by atoms with van der Waals surface area (Å²) in [6, 6.07) is 15.6. The molecule has 2 heterocycles. The van der Waals surface area contributed by atoms with Crippen LogP contribution in [0.25, 0.3) is 11.4 Å². The van der Waals surface area contributed by atoms with Crippen LogP contribution in [0.2, 0.25) is 0 Å². The van der Waals surface area contributed by atoms with E-state index in [1.807, 2.05) is 48.5 Å². The number of aromatic nitrogens is 3. The molecule has 0 unspecified atom stereocenters. The third-order valence-electron chi connectivity index (χ3n) is 4.22. The fourth-order valence-corrected chi connectivity index (χ4v) is 3.80. The van der Waals surface area contributed by atoms with Crippen LogP contribution in [0.5, 0.6) is 11.5 Å². The van der Waals surface area contributed by atoms with Crippen molar-refractivity contribution >= 4 is 17.5 Å². The number of fused-ring (bicyclic) bond motifs is 1. The highest BCUT2D eigenvalue weighted by Gasteiger charge is 2.27. The van der Waals surface area contributed by atoms with E-state index >= 15 is 0 Å². The van der Waals surface area contributed by atoms with E-state index in [4.69, 9.17) is 14.6 Å². The minimum absolute atomic E-state index is 0.145. The fraction of sp³-hybridized carbons (Fsp3) is 0.211. The molecule has 7 heteroatoms. The molecule has 1 aliphatic heterocycles. The van der Waals surface area contributed by atoms with E-state index in [0.29, 0.717) is 5.82 Å². The quantitative estimate of drug-likeness (QED) is 0.704. The van der Waals surface area contributed by atoms with Gasteiger partial charge < -0.3 is 9.47 Å². The molecule has 0 amide bonds. The zero-order valence-corrected chi connectivity index (χ0v) is 15.5. The van der Waals surface area contributed by atoms with Crippen LogP contribution in [0.15, 0.2) is 58.8 Å². The van der Waals surface area contributed by atoms with Crippen molar-refractivity contribution < 1.29 is 9.47 Å². The van der Waals surface area contributed by atoms with E-state index in [2.05, 4.69) is 17.1 Å². The summed E-state index contributed by atoms with van der Waals surface area (Å²) in [6.07, 6.45) is 0. The van der Waals surface area contributed by atoms with Crippen LogP contribution >= 0.6 is 11.8 Å². The summed E-state index contributed by atoms with van der Waals surface area (Å²) in [6.45, 7) is 2.11. The first kappa shape index (κ1) is 16.7. The molecule has 1 aromatic heterocycles. The van der Waals surface area contributed by atoms with Crippen molar-refractivity contribution in [1.29, 1.82) is 0 Å². The van der Waals surface area contributed by atoms with Crippen LogP contribution in [0.1, 0.15) is 12.5 Å². The second-order valence-electron chi connectivity index (χ2n) is 5.79. The predicted octanol–water partition coefficient (Wildman–Crippen LogP) is 3.71. The predicted molar refractivity (Wildman–Crippen MR) is 102 cm³/mol. The van der Waals surface area contributed by atoms with Crippen molar-refractivity contribution in [3.05, 3.63) is 54.1 Å². The van der Waals surface area contributed by atoms with E-state index in [9.17, 15) is 0 Å². The molecular weight excluding hydrogens is 348 g/mol. The highest BCUT2D eigenvalue weighted by molar-refractivity contribution is 8.00. The first-order chi connectivity index (χ1) is 12.7. The lowest BCUT2D eigenvalue weighted by molar-refractivity contribution is 0.413. The zero-order chi connectivity index (χ0) is 18.1. The lowest BCUT2D eigenvalue weighted by Gasteiger charge is -2.21. The lowest BCUT2D eigenvalue weighted by atomic mass is 10.1. The van der Waals surface area contributed by atoms with Gasteiger partial charge in [0.1, 0.15) is 11.5 Å². The molecule has 0 aliphatic carbocycles. The van der Waals surface area contributed by atoms with Gasteiger partial charge in [0, 0.05) is 11.1 Å². The zero-order valence-electron chi connectivity index (χ0n) is 14.7. The molecule has 4 rings (SSSR count). The fourth-order valence-electron chi connectivity index (χ4n) is 2.88. The maximum Gasteiger partial charge on any atom is 0.213 e. The topological polar surface area (TPSA) is 61.5 Å². The first-order valence-corrected chi connectivity index (χ1v) is 9.08. The number of para-hydroxylation sites is 1. The van der Waals surface area contributed by atoms with Crippen LogP contribution in [0.4, 0.5) is 0 Å². The highest BCUT2D eigenvalue weighted by Crippen LogP contribution is 2.34. The van der Waals surface area contributed by atoms with Crippen molar-refractivity contribution in [1.82, 2.24) is 14.9 Å². The van der Waals surface area contributed by atoms with E-state index in [1.165, 1.54) is 0 Å². The Labute approximate surface area is 155 Å². The first-order valence-electron chi connectivity index (χ1n) is 8.20. The Bertz CT molecular complexity index is 966. The van der Waals surface area contributed by atoms with E-state index < -0.39 is 0 Å². The minimum Gasteiger partial charge on any atom is -0.497 e. The van der Waals surface area contributed by atoms with Gasteiger partial charge in [-0.2, -0.15) is 9.78 Å². The van der Waals surface area contributed by atoms with Crippen molar-refractivity contribution in [2.75, 3.05) is 14.2 Å². The van der Waals surface area contributed by atoms with Gasteiger partial charge in [-0.1, -0.05) is 23.9 Å². The maximum atomic E-state index is 5.51. The monoisotopic (exact) mass is 366 g/mol. The highest BCUT2D eigenvalue weighted by atomic mass is 32.2. The van der Waals surface area contributed by atoms with Gasteiger partial charge in [0.15, 0.2) is 5.82 Å². The molecule has 2 aromatic carbocycles. The normalized spacial score (nSPS) is 16.0. The largest absolute Gasteiger partial charge is 0.497 e. The van der Waals surface area contributed by atoms with Crippen LogP contribution in [-0.2, 0) is 0 Å². The number of nitrogens with zero attached hydrogens (tertiary/aromatic N) is 4. The standard InChI is InChI=1S/C19H18N4O2S/c1-12-17(15-6-4-5-7-16(15)25-3)22-23-18(20-21-19(23)26-12)13-8-10-14(24-2)11-9-13/h4-12H,1-3H3/t12-/m1/s1. The third-order valence-corrected chi connectivity index (χ3v) is 5.26. The van der Waals surface area contributed by atoms with Gasteiger partial charge in [0.05, 0.1) is 25.2 Å². The summed E-state index contributed by atoms with van der Waals surface area (Å²) in [7, 11) is 3.32. The maximum absolute atomic E-state index is 5.51. The third kappa shape index (κ3) is 2.84. The molecular formula is C19H18N4O2S. The van der Waals surface area contributed by atoms with Crippen molar-refractivity contribution in [2.45, 2.75) is 17.3 Å². The van der Waals surface area contributed by atoms with Gasteiger partial charge >= 0.3 is 0 Å². The number of hydrogen-bond donors (Lipinski definition) is 0. The molecule has 3 aromatic rings. The molecule has 6 nitrogen and oxygen atoms in total. The molecule has 0 spiro atoms. The number of thioether (sulfide) groups is 1. The summed E-state index contributed by atoms with van der Waals surface area (Å²) >= 11 is 1.64. The van der Waals surface area contributed by atoms with Gasteiger partial charge in [0.25, 0.3) is 0 Å². The van der Waals surface area contributed by atoms with E-state index in [-0.39, 0.29) is 5.25 Å². The Kier molecular flexibility index (Phi) is 4.38.